The van der Waals surface area contributed by atoms with Crippen LogP contribution in [0.2, 0.25) is 0 Å². The van der Waals surface area contributed by atoms with Crippen molar-refractivity contribution in [2.24, 2.45) is 0 Å². The van der Waals surface area contributed by atoms with Crippen LogP contribution in [0.1, 0.15) is 26.7 Å². The minimum Gasteiger partial charge on any atom is -0.282 e. The molecule has 0 saturated carbocycles. The van der Waals surface area contributed by atoms with Crippen molar-refractivity contribution in [2.75, 3.05) is 34.5 Å². The van der Waals surface area contributed by atoms with E-state index in [-0.39, 0.29) is 10.2 Å². The topological polar surface area (TPSA) is 34.1 Å². The summed E-state index contributed by atoms with van der Waals surface area (Å²) < 4.78 is 4.15. The third-order valence-electron chi connectivity index (χ3n) is 4.87. The van der Waals surface area contributed by atoms with E-state index in [0.717, 1.165) is 34.5 Å². The summed E-state index contributed by atoms with van der Waals surface area (Å²) >= 11 is 17.0. The first-order valence-electron chi connectivity index (χ1n) is 11.3. The van der Waals surface area contributed by atoms with Crippen LogP contribution in [0.4, 0.5) is 0 Å². The molecule has 3 rings (SSSR count). The van der Waals surface area contributed by atoms with E-state index in [2.05, 4.69) is 72.3 Å². The van der Waals surface area contributed by atoms with Crippen LogP contribution in [0.25, 0.3) is 0 Å². The molecular weight excluding hydrogens is 609 g/mol. The maximum atomic E-state index is 11.7. The summed E-state index contributed by atoms with van der Waals surface area (Å²) in [6.07, 6.45) is 2.42. The van der Waals surface area contributed by atoms with Crippen molar-refractivity contribution in [2.45, 2.75) is 54.8 Å². The monoisotopic (exact) mass is 640 g/mol. The Kier molecular flexibility index (Phi) is 14.5. The van der Waals surface area contributed by atoms with Crippen LogP contribution in [-0.4, -0.2) is 64.4 Å². The number of thiophene rings is 1. The highest BCUT2D eigenvalue weighted by molar-refractivity contribution is 8.22. The number of rotatable bonds is 14. The highest BCUT2D eigenvalue weighted by Crippen LogP contribution is 2.44. The van der Waals surface area contributed by atoms with Crippen molar-refractivity contribution in [1.29, 1.82) is 0 Å². The maximum Gasteiger partial charge on any atom is 0.214 e. The predicted molar refractivity (Wildman–Crippen MR) is 175 cm³/mol. The van der Waals surface area contributed by atoms with Gasteiger partial charge in [-0.15, -0.1) is 81.9 Å². The molecule has 194 valence electrons. The lowest BCUT2D eigenvalue weighted by molar-refractivity contribution is -0.108. The van der Waals surface area contributed by atoms with Crippen molar-refractivity contribution in [1.82, 2.24) is 0 Å². The van der Waals surface area contributed by atoms with E-state index in [1.165, 1.54) is 44.8 Å². The molecule has 0 aliphatic carbocycles. The predicted octanol–water partition coefficient (Wildman–Crippen LogP) is 8.73. The Hall–Kier alpha value is 1.32. The molecular formula is C24H32O2S9. The molecule has 0 spiro atoms. The molecule has 0 N–H and O–H groups in total. The fourth-order valence-electron chi connectivity index (χ4n) is 3.05. The number of carbonyl (C=O) groups is 2. The Morgan fingerprint density at radius 2 is 1.26 bits per heavy atom. The van der Waals surface area contributed by atoms with Gasteiger partial charge in [0, 0.05) is 45.0 Å². The molecule has 0 aromatic carbocycles. The van der Waals surface area contributed by atoms with Gasteiger partial charge in [-0.05, 0) is 50.0 Å². The molecule has 1 aromatic heterocycles. The second-order valence-electron chi connectivity index (χ2n) is 8.15. The Bertz CT molecular complexity index is 816. The van der Waals surface area contributed by atoms with Crippen LogP contribution in [0, 0.1) is 0 Å². The van der Waals surface area contributed by atoms with Gasteiger partial charge in [-0.2, -0.15) is 0 Å². The van der Waals surface area contributed by atoms with Gasteiger partial charge in [0.1, 0.15) is 0 Å². The van der Waals surface area contributed by atoms with Gasteiger partial charge in [0.2, 0.25) is 10.2 Å². The first-order valence-corrected chi connectivity index (χ1v) is 20.1. The molecule has 2 aliphatic rings. The second-order valence-corrected chi connectivity index (χ2v) is 20.1. The fourth-order valence-corrected chi connectivity index (χ4v) is 16.1. The SMILES string of the molecule is C=C(C)C(=O)SCC1CSC(CCSc2ccc(SCCC3SCC(CSC(=O)C(=C)C)S3)s2)S1. The third-order valence-corrected chi connectivity index (χ3v) is 18.1. The van der Waals surface area contributed by atoms with Gasteiger partial charge in [-0.1, -0.05) is 36.7 Å². The lowest BCUT2D eigenvalue weighted by atomic mass is 10.4. The van der Waals surface area contributed by atoms with Crippen LogP contribution in [0.5, 0.6) is 0 Å². The van der Waals surface area contributed by atoms with Gasteiger partial charge in [-0.25, -0.2) is 0 Å². The van der Waals surface area contributed by atoms with Crippen molar-refractivity contribution in [3.8, 4) is 0 Å². The molecule has 2 saturated heterocycles. The van der Waals surface area contributed by atoms with Crippen LogP contribution >= 0.6 is 105 Å². The lowest BCUT2D eigenvalue weighted by Gasteiger charge is -2.09. The number of thioether (sulfide) groups is 8. The van der Waals surface area contributed by atoms with E-state index in [9.17, 15) is 9.59 Å². The van der Waals surface area contributed by atoms with Crippen LogP contribution in [0.15, 0.2) is 44.9 Å². The summed E-state index contributed by atoms with van der Waals surface area (Å²) in [7, 11) is 0. The summed E-state index contributed by atoms with van der Waals surface area (Å²) in [6.45, 7) is 11.1. The lowest BCUT2D eigenvalue weighted by Crippen LogP contribution is -2.07. The van der Waals surface area contributed by atoms with Crippen LogP contribution in [0.3, 0.4) is 0 Å². The Morgan fingerprint density at radius 3 is 1.66 bits per heavy atom. The molecule has 3 heterocycles. The minimum absolute atomic E-state index is 0.136. The summed E-state index contributed by atoms with van der Waals surface area (Å²) in [5, 5.41) is 1.43. The Labute approximate surface area is 248 Å². The molecule has 0 bridgehead atoms. The van der Waals surface area contributed by atoms with Crippen molar-refractivity contribution in [3.05, 3.63) is 36.4 Å². The molecule has 2 fully saturated rings. The molecule has 2 aliphatic heterocycles. The van der Waals surface area contributed by atoms with E-state index >= 15 is 0 Å². The second kappa shape index (κ2) is 16.4. The highest BCUT2D eigenvalue weighted by Gasteiger charge is 2.27. The Morgan fingerprint density at radius 1 is 0.829 bits per heavy atom. The normalized spacial score (nSPS) is 24.1. The van der Waals surface area contributed by atoms with E-state index in [4.69, 9.17) is 0 Å². The average molecular weight is 641 g/mol. The van der Waals surface area contributed by atoms with E-state index in [1.54, 1.807) is 13.8 Å². The zero-order chi connectivity index (χ0) is 25.2. The molecule has 0 radical (unpaired) electrons. The maximum absolute atomic E-state index is 11.7. The molecule has 4 unspecified atom stereocenters. The van der Waals surface area contributed by atoms with Crippen molar-refractivity contribution < 1.29 is 9.59 Å². The largest absolute Gasteiger partial charge is 0.282 e. The minimum atomic E-state index is 0.136. The molecule has 4 atom stereocenters. The average Bonchev–Trinajstić information content (AvgIpc) is 3.57. The van der Waals surface area contributed by atoms with Crippen molar-refractivity contribution >= 4 is 116 Å². The molecule has 0 amide bonds. The van der Waals surface area contributed by atoms with Crippen LogP contribution < -0.4 is 0 Å². The van der Waals surface area contributed by atoms with Gasteiger partial charge >= 0.3 is 0 Å². The quantitative estimate of drug-likeness (QED) is 0.145. The van der Waals surface area contributed by atoms with Gasteiger partial charge in [0.25, 0.3) is 0 Å². The first kappa shape index (κ1) is 30.9. The highest BCUT2D eigenvalue weighted by atomic mass is 32.2. The molecule has 1 aromatic rings. The third kappa shape index (κ3) is 11.5. The smallest absolute Gasteiger partial charge is 0.214 e. The summed E-state index contributed by atoms with van der Waals surface area (Å²) in [4.78, 5) is 23.5. The van der Waals surface area contributed by atoms with Gasteiger partial charge in [0.05, 0.1) is 17.6 Å². The van der Waals surface area contributed by atoms with Gasteiger partial charge in [-0.3, -0.25) is 9.59 Å². The Balaban J connectivity index is 1.24. The molecule has 11 heteroatoms. The molecule has 35 heavy (non-hydrogen) atoms. The molecule has 2 nitrogen and oxygen atoms in total. The summed E-state index contributed by atoms with van der Waals surface area (Å²) in [5.74, 6) is 6.43. The van der Waals surface area contributed by atoms with Crippen molar-refractivity contribution in [3.63, 3.8) is 0 Å². The van der Waals surface area contributed by atoms with Gasteiger partial charge < -0.3 is 0 Å². The number of hydrogen-bond donors (Lipinski definition) is 0. The summed E-state index contributed by atoms with van der Waals surface area (Å²) in [5.41, 5.74) is 1.31. The number of hydrogen-bond acceptors (Lipinski definition) is 11. The fraction of sp³-hybridized carbons (Fsp3) is 0.583. The van der Waals surface area contributed by atoms with E-state index in [1.807, 2.05) is 34.9 Å². The van der Waals surface area contributed by atoms with Crippen LogP contribution in [-0.2, 0) is 9.59 Å². The van der Waals surface area contributed by atoms with E-state index in [0.29, 0.717) is 30.8 Å². The zero-order valence-corrected chi connectivity index (χ0v) is 27.4. The number of carbonyl (C=O) groups excluding carboxylic acids is 2. The standard InChI is InChI=1S/C24H32O2S9/c1-15(2)23(25)31-13-17-11-29-21(33-17)7-9-27-19-5-6-20(35-19)28-10-8-22-30-12-18(34-22)14-32-24(26)16(3)4/h5-6,17-18,21-22H,1,3,7-14H2,2,4H3. The first-order chi connectivity index (χ1) is 16.8. The zero-order valence-electron chi connectivity index (χ0n) is 20.0. The van der Waals surface area contributed by atoms with E-state index < -0.39 is 0 Å². The summed E-state index contributed by atoms with van der Waals surface area (Å²) in [6, 6.07) is 4.56. The van der Waals surface area contributed by atoms with Gasteiger partial charge in [0.15, 0.2) is 0 Å².